The molecule has 2 aromatic carbocycles. The fourth-order valence-corrected chi connectivity index (χ4v) is 1.97. The molecular formula is C13H12ClN3O3. The van der Waals surface area contributed by atoms with E-state index < -0.39 is 4.92 Å². The van der Waals surface area contributed by atoms with E-state index in [9.17, 15) is 10.1 Å². The first-order valence-electron chi connectivity index (χ1n) is 5.65. The second-order valence-corrected chi connectivity index (χ2v) is 4.41. The first-order valence-corrected chi connectivity index (χ1v) is 6.03. The lowest BCUT2D eigenvalue weighted by Crippen LogP contribution is -1.97. The number of benzene rings is 2. The SMILES string of the molecule is COc1ccc(Nc2ccc([N+](=O)[O-])c(N)c2)cc1Cl. The van der Waals surface area contributed by atoms with E-state index >= 15 is 0 Å². The van der Waals surface area contributed by atoms with Gasteiger partial charge >= 0.3 is 0 Å². The predicted octanol–water partition coefficient (Wildman–Crippen LogP) is 3.58. The second kappa shape index (κ2) is 5.66. The zero-order valence-corrected chi connectivity index (χ0v) is 11.3. The Bertz CT molecular complexity index is 661. The third kappa shape index (κ3) is 2.92. The Balaban J connectivity index is 2.24. The fraction of sp³-hybridized carbons (Fsp3) is 0.0769. The summed E-state index contributed by atoms with van der Waals surface area (Å²) in [6.45, 7) is 0. The molecule has 3 N–H and O–H groups in total. The second-order valence-electron chi connectivity index (χ2n) is 4.01. The number of anilines is 3. The number of ether oxygens (including phenoxy) is 1. The van der Waals surface area contributed by atoms with Gasteiger partial charge in [0.1, 0.15) is 11.4 Å². The van der Waals surface area contributed by atoms with Crippen LogP contribution in [-0.4, -0.2) is 12.0 Å². The molecule has 0 spiro atoms. The van der Waals surface area contributed by atoms with Gasteiger partial charge < -0.3 is 15.8 Å². The van der Waals surface area contributed by atoms with Gasteiger partial charge in [0.2, 0.25) is 0 Å². The van der Waals surface area contributed by atoms with Gasteiger partial charge in [-0.05, 0) is 30.3 Å². The number of nitrogens with two attached hydrogens (primary N) is 1. The van der Waals surface area contributed by atoms with Gasteiger partial charge in [-0.1, -0.05) is 11.6 Å². The molecule has 0 fully saturated rings. The minimum absolute atomic E-state index is 0.0969. The monoisotopic (exact) mass is 293 g/mol. The quantitative estimate of drug-likeness (QED) is 0.511. The molecule has 0 heterocycles. The summed E-state index contributed by atoms with van der Waals surface area (Å²) in [5.41, 5.74) is 6.96. The molecule has 2 rings (SSSR count). The minimum Gasteiger partial charge on any atom is -0.495 e. The fourth-order valence-electron chi connectivity index (χ4n) is 1.71. The van der Waals surface area contributed by atoms with Crippen LogP contribution in [0.15, 0.2) is 36.4 Å². The van der Waals surface area contributed by atoms with Crippen LogP contribution < -0.4 is 15.8 Å². The van der Waals surface area contributed by atoms with Crippen molar-refractivity contribution in [2.24, 2.45) is 0 Å². The molecule has 0 atom stereocenters. The van der Waals surface area contributed by atoms with Crippen LogP contribution >= 0.6 is 11.6 Å². The number of nitro benzene ring substituents is 1. The molecule has 0 unspecified atom stereocenters. The van der Waals surface area contributed by atoms with Crippen LogP contribution in [0.2, 0.25) is 5.02 Å². The number of nitro groups is 1. The summed E-state index contributed by atoms with van der Waals surface area (Å²) < 4.78 is 5.06. The minimum atomic E-state index is -0.524. The number of nitrogens with zero attached hydrogens (tertiary/aromatic N) is 1. The van der Waals surface area contributed by atoms with Crippen molar-refractivity contribution < 1.29 is 9.66 Å². The Labute approximate surface area is 120 Å². The van der Waals surface area contributed by atoms with E-state index in [0.717, 1.165) is 5.69 Å². The van der Waals surface area contributed by atoms with Crippen LogP contribution in [0.3, 0.4) is 0 Å². The molecule has 6 nitrogen and oxygen atoms in total. The van der Waals surface area contributed by atoms with Crippen LogP contribution in [0.1, 0.15) is 0 Å². The number of hydrogen-bond acceptors (Lipinski definition) is 5. The Hall–Kier alpha value is -2.47. The average Bonchev–Trinajstić information content (AvgIpc) is 2.38. The molecule has 0 aromatic heterocycles. The summed E-state index contributed by atoms with van der Waals surface area (Å²) in [4.78, 5) is 10.2. The molecule has 104 valence electrons. The van der Waals surface area contributed by atoms with Crippen LogP contribution in [0.5, 0.6) is 5.75 Å². The van der Waals surface area contributed by atoms with Crippen LogP contribution in [0.25, 0.3) is 0 Å². The van der Waals surface area contributed by atoms with E-state index in [1.807, 2.05) is 0 Å². The number of halogens is 1. The van der Waals surface area contributed by atoms with Crippen molar-refractivity contribution in [3.63, 3.8) is 0 Å². The van der Waals surface area contributed by atoms with Crippen LogP contribution in [0, 0.1) is 10.1 Å². The normalized spacial score (nSPS) is 10.1. The summed E-state index contributed by atoms with van der Waals surface area (Å²) in [5, 5.41) is 14.2. The van der Waals surface area contributed by atoms with Gasteiger partial charge in [0.15, 0.2) is 0 Å². The average molecular weight is 294 g/mol. The summed E-state index contributed by atoms with van der Waals surface area (Å²) in [6, 6.07) is 9.62. The summed E-state index contributed by atoms with van der Waals surface area (Å²) >= 11 is 6.01. The Morgan fingerprint density at radius 2 is 1.90 bits per heavy atom. The van der Waals surface area contributed by atoms with Gasteiger partial charge in [-0.2, -0.15) is 0 Å². The lowest BCUT2D eigenvalue weighted by molar-refractivity contribution is -0.383. The topological polar surface area (TPSA) is 90.4 Å². The van der Waals surface area contributed by atoms with Gasteiger partial charge in [-0.25, -0.2) is 0 Å². The maximum Gasteiger partial charge on any atom is 0.292 e. The van der Waals surface area contributed by atoms with Gasteiger partial charge in [-0.15, -0.1) is 0 Å². The maximum absolute atomic E-state index is 10.7. The van der Waals surface area contributed by atoms with Crippen molar-refractivity contribution in [1.29, 1.82) is 0 Å². The Morgan fingerprint density at radius 1 is 1.25 bits per heavy atom. The van der Waals surface area contributed by atoms with Crippen molar-refractivity contribution in [3.8, 4) is 5.75 Å². The Morgan fingerprint density at radius 3 is 2.45 bits per heavy atom. The van der Waals surface area contributed by atoms with Crippen LogP contribution in [0.4, 0.5) is 22.7 Å². The molecule has 2 aromatic rings. The Kier molecular flexibility index (Phi) is 3.95. The van der Waals surface area contributed by atoms with E-state index in [2.05, 4.69) is 5.32 Å². The van der Waals surface area contributed by atoms with Crippen molar-refractivity contribution in [2.75, 3.05) is 18.2 Å². The summed E-state index contributed by atoms with van der Waals surface area (Å²) in [5.74, 6) is 0.570. The third-order valence-corrected chi connectivity index (χ3v) is 2.96. The lowest BCUT2D eigenvalue weighted by Gasteiger charge is -2.09. The van der Waals surface area contributed by atoms with E-state index in [1.165, 1.54) is 19.2 Å². The van der Waals surface area contributed by atoms with Crippen molar-refractivity contribution >= 4 is 34.4 Å². The largest absolute Gasteiger partial charge is 0.495 e. The van der Waals surface area contributed by atoms with Gasteiger partial charge in [0.25, 0.3) is 5.69 Å². The molecule has 20 heavy (non-hydrogen) atoms. The van der Waals surface area contributed by atoms with Crippen LogP contribution in [-0.2, 0) is 0 Å². The predicted molar refractivity (Wildman–Crippen MR) is 78.8 cm³/mol. The standard InChI is InChI=1S/C13H12ClN3O3/c1-20-13-5-3-8(6-10(13)14)16-9-2-4-12(17(18)19)11(15)7-9/h2-7,16H,15H2,1H3. The smallest absolute Gasteiger partial charge is 0.292 e. The van der Waals surface area contributed by atoms with Crippen molar-refractivity contribution in [2.45, 2.75) is 0 Å². The van der Waals surface area contributed by atoms with Crippen molar-refractivity contribution in [3.05, 3.63) is 51.5 Å². The van der Waals surface area contributed by atoms with Crippen molar-refractivity contribution in [1.82, 2.24) is 0 Å². The molecule has 0 saturated heterocycles. The van der Waals surface area contributed by atoms with E-state index in [4.69, 9.17) is 22.1 Å². The molecule has 7 heteroatoms. The first-order chi connectivity index (χ1) is 9.51. The third-order valence-electron chi connectivity index (χ3n) is 2.66. The molecule has 0 bridgehead atoms. The molecule has 0 amide bonds. The molecule has 0 saturated carbocycles. The zero-order chi connectivity index (χ0) is 14.7. The number of nitrogen functional groups attached to an aromatic ring is 1. The summed E-state index contributed by atoms with van der Waals surface area (Å²) in [7, 11) is 1.53. The molecular weight excluding hydrogens is 282 g/mol. The van der Waals surface area contributed by atoms with Gasteiger partial charge in [0.05, 0.1) is 17.1 Å². The molecule has 0 radical (unpaired) electrons. The lowest BCUT2D eigenvalue weighted by atomic mass is 10.2. The number of rotatable bonds is 4. The molecule has 0 aliphatic carbocycles. The highest BCUT2D eigenvalue weighted by Gasteiger charge is 2.11. The first kappa shape index (κ1) is 14.0. The molecule has 0 aliphatic rings. The number of hydrogen-bond donors (Lipinski definition) is 2. The maximum atomic E-state index is 10.7. The highest BCUT2D eigenvalue weighted by molar-refractivity contribution is 6.32. The highest BCUT2D eigenvalue weighted by atomic mass is 35.5. The van der Waals surface area contributed by atoms with Gasteiger partial charge in [-0.3, -0.25) is 10.1 Å². The van der Waals surface area contributed by atoms with E-state index in [-0.39, 0.29) is 11.4 Å². The van der Waals surface area contributed by atoms with E-state index in [0.29, 0.717) is 16.5 Å². The van der Waals surface area contributed by atoms with Gasteiger partial charge in [0, 0.05) is 17.4 Å². The number of nitrogens with one attached hydrogen (secondary N) is 1. The number of methoxy groups -OCH3 is 1. The highest BCUT2D eigenvalue weighted by Crippen LogP contribution is 2.30. The molecule has 0 aliphatic heterocycles. The summed E-state index contributed by atoms with van der Waals surface area (Å²) in [6.07, 6.45) is 0. The van der Waals surface area contributed by atoms with E-state index in [1.54, 1.807) is 24.3 Å². The zero-order valence-electron chi connectivity index (χ0n) is 10.6.